The number of hydrogen-bond acceptors (Lipinski definition) is 0. The summed E-state index contributed by atoms with van der Waals surface area (Å²) < 4.78 is 0. The van der Waals surface area contributed by atoms with Crippen molar-refractivity contribution in [3.63, 3.8) is 0 Å². The summed E-state index contributed by atoms with van der Waals surface area (Å²) in [5.74, 6) is 0.899. The average molecular weight is 188 g/mol. The highest BCUT2D eigenvalue weighted by Gasteiger charge is 2.20. The molecule has 0 aromatic rings. The van der Waals surface area contributed by atoms with Gasteiger partial charge in [0.05, 0.1) is 0 Å². The molecule has 1 atom stereocenters. The van der Waals surface area contributed by atoms with Crippen LogP contribution < -0.4 is 0 Å². The zero-order valence-electron chi connectivity index (χ0n) is 8.97. The third-order valence-electron chi connectivity index (χ3n) is 3.57. The Morgan fingerprint density at radius 3 is 2.86 bits per heavy atom. The lowest BCUT2D eigenvalue weighted by molar-refractivity contribution is 0.573. The molecule has 0 aliphatic heterocycles. The minimum atomic E-state index is 0.899. The fourth-order valence-electron chi connectivity index (χ4n) is 2.71. The fraction of sp³-hybridized carbons (Fsp3) is 0.571. The number of hydrogen-bond donors (Lipinski definition) is 0. The van der Waals surface area contributed by atoms with E-state index in [4.69, 9.17) is 0 Å². The zero-order valence-corrected chi connectivity index (χ0v) is 8.97. The smallest absolute Gasteiger partial charge is 0.0200 e. The molecule has 2 rings (SSSR count). The van der Waals surface area contributed by atoms with E-state index < -0.39 is 0 Å². The second-order valence-electron chi connectivity index (χ2n) is 4.47. The minimum absolute atomic E-state index is 0.899. The Morgan fingerprint density at radius 1 is 1.14 bits per heavy atom. The predicted molar refractivity (Wildman–Crippen MR) is 62.2 cm³/mol. The van der Waals surface area contributed by atoms with Crippen LogP contribution in [0.3, 0.4) is 0 Å². The Bertz CT molecular complexity index is 268. The Morgan fingerprint density at radius 2 is 2.00 bits per heavy atom. The van der Waals surface area contributed by atoms with Crippen molar-refractivity contribution in [3.8, 4) is 0 Å². The van der Waals surface area contributed by atoms with E-state index in [0.29, 0.717) is 0 Å². The third kappa shape index (κ3) is 2.17. The Balaban J connectivity index is 2.06. The molecule has 0 unspecified atom stereocenters. The molecule has 1 saturated carbocycles. The van der Waals surface area contributed by atoms with E-state index >= 15 is 0 Å². The maximum Gasteiger partial charge on any atom is -0.0200 e. The zero-order chi connectivity index (χ0) is 9.80. The Kier molecular flexibility index (Phi) is 3.23. The highest BCUT2D eigenvalue weighted by atomic mass is 14.3. The van der Waals surface area contributed by atoms with Crippen LogP contribution >= 0.6 is 0 Å². The fourth-order valence-corrected chi connectivity index (χ4v) is 2.71. The SMILES string of the molecule is C=C/C1=C/CCC=C2CCC[C@@H]2CC1. The largest absolute Gasteiger partial charge is 0.0988 e. The van der Waals surface area contributed by atoms with Gasteiger partial charge in [-0.25, -0.2) is 0 Å². The van der Waals surface area contributed by atoms with E-state index in [9.17, 15) is 0 Å². The van der Waals surface area contributed by atoms with E-state index in [0.717, 1.165) is 5.92 Å². The van der Waals surface area contributed by atoms with Crippen LogP contribution in [0, 0.1) is 5.92 Å². The van der Waals surface area contributed by atoms with Crippen LogP contribution in [0.25, 0.3) is 0 Å². The van der Waals surface area contributed by atoms with E-state index in [1.807, 2.05) is 6.08 Å². The van der Waals surface area contributed by atoms with Crippen molar-refractivity contribution in [2.75, 3.05) is 0 Å². The molecule has 14 heavy (non-hydrogen) atoms. The summed E-state index contributed by atoms with van der Waals surface area (Å²) in [6, 6.07) is 0. The molecule has 0 aromatic heterocycles. The first-order valence-electron chi connectivity index (χ1n) is 5.90. The normalized spacial score (nSPS) is 31.6. The summed E-state index contributed by atoms with van der Waals surface area (Å²) in [4.78, 5) is 0. The molecule has 0 nitrogen and oxygen atoms in total. The first-order valence-corrected chi connectivity index (χ1v) is 5.90. The number of allylic oxidation sites excluding steroid dienone is 5. The molecular weight excluding hydrogens is 168 g/mol. The van der Waals surface area contributed by atoms with Gasteiger partial charge >= 0.3 is 0 Å². The molecule has 0 radical (unpaired) electrons. The molecule has 0 aromatic carbocycles. The van der Waals surface area contributed by atoms with Gasteiger partial charge in [0.2, 0.25) is 0 Å². The lowest BCUT2D eigenvalue weighted by atomic mass is 9.95. The van der Waals surface area contributed by atoms with Crippen LogP contribution in [0.2, 0.25) is 0 Å². The van der Waals surface area contributed by atoms with Crippen molar-refractivity contribution in [1.29, 1.82) is 0 Å². The van der Waals surface area contributed by atoms with Crippen LogP contribution in [0.4, 0.5) is 0 Å². The summed E-state index contributed by atoms with van der Waals surface area (Å²) in [6.45, 7) is 3.89. The van der Waals surface area contributed by atoms with Gasteiger partial charge in [-0.15, -0.1) is 0 Å². The second-order valence-corrected chi connectivity index (χ2v) is 4.47. The first-order chi connectivity index (χ1) is 6.90. The minimum Gasteiger partial charge on any atom is -0.0988 e. The van der Waals surface area contributed by atoms with Crippen LogP contribution in [-0.2, 0) is 0 Å². The van der Waals surface area contributed by atoms with E-state index in [1.54, 1.807) is 5.57 Å². The quantitative estimate of drug-likeness (QED) is 0.535. The predicted octanol–water partition coefficient (Wildman–Crippen LogP) is 4.40. The van der Waals surface area contributed by atoms with Crippen molar-refractivity contribution in [3.05, 3.63) is 36.0 Å². The molecule has 0 amide bonds. The Labute approximate surface area is 87.4 Å². The van der Waals surface area contributed by atoms with E-state index in [1.165, 1.54) is 50.5 Å². The molecular formula is C14H20. The molecule has 2 aliphatic carbocycles. The average Bonchev–Trinajstić information content (AvgIpc) is 2.64. The summed E-state index contributed by atoms with van der Waals surface area (Å²) in [7, 11) is 0. The molecule has 1 fully saturated rings. The van der Waals surface area contributed by atoms with Crippen molar-refractivity contribution in [1.82, 2.24) is 0 Å². The van der Waals surface area contributed by atoms with Crippen molar-refractivity contribution >= 4 is 0 Å². The summed E-state index contributed by atoms with van der Waals surface area (Å²) in [5.41, 5.74) is 3.22. The summed E-state index contributed by atoms with van der Waals surface area (Å²) in [6.07, 6.45) is 16.2. The molecule has 0 bridgehead atoms. The van der Waals surface area contributed by atoms with E-state index in [-0.39, 0.29) is 0 Å². The maximum atomic E-state index is 3.89. The second kappa shape index (κ2) is 4.63. The van der Waals surface area contributed by atoms with Gasteiger partial charge in [0.15, 0.2) is 0 Å². The topological polar surface area (TPSA) is 0 Å². The van der Waals surface area contributed by atoms with Gasteiger partial charge in [-0.05, 0) is 50.9 Å². The first kappa shape index (κ1) is 9.76. The van der Waals surface area contributed by atoms with Crippen molar-refractivity contribution < 1.29 is 0 Å². The maximum absolute atomic E-state index is 3.89. The summed E-state index contributed by atoms with van der Waals surface area (Å²) >= 11 is 0. The van der Waals surface area contributed by atoms with E-state index in [2.05, 4.69) is 18.7 Å². The van der Waals surface area contributed by atoms with Crippen molar-refractivity contribution in [2.45, 2.75) is 44.9 Å². The van der Waals surface area contributed by atoms with Crippen LogP contribution in [0.15, 0.2) is 36.0 Å². The third-order valence-corrected chi connectivity index (χ3v) is 3.57. The number of fused-ring (bicyclic) bond motifs is 1. The molecule has 0 saturated heterocycles. The van der Waals surface area contributed by atoms with Crippen LogP contribution in [0.5, 0.6) is 0 Å². The van der Waals surface area contributed by atoms with Gasteiger partial charge in [-0.2, -0.15) is 0 Å². The van der Waals surface area contributed by atoms with Gasteiger partial charge < -0.3 is 0 Å². The van der Waals surface area contributed by atoms with Crippen LogP contribution in [-0.4, -0.2) is 0 Å². The highest BCUT2D eigenvalue weighted by molar-refractivity contribution is 5.20. The molecule has 0 spiro atoms. The van der Waals surface area contributed by atoms with Crippen molar-refractivity contribution in [2.24, 2.45) is 5.92 Å². The Hall–Kier alpha value is -0.780. The molecule has 0 heterocycles. The highest BCUT2D eigenvalue weighted by Crippen LogP contribution is 2.36. The van der Waals surface area contributed by atoms with Gasteiger partial charge in [0.25, 0.3) is 0 Å². The molecule has 0 N–H and O–H groups in total. The molecule has 0 heteroatoms. The van der Waals surface area contributed by atoms with Gasteiger partial charge in [0, 0.05) is 0 Å². The monoisotopic (exact) mass is 188 g/mol. The van der Waals surface area contributed by atoms with Gasteiger partial charge in [0.1, 0.15) is 0 Å². The van der Waals surface area contributed by atoms with Gasteiger partial charge in [-0.3, -0.25) is 0 Å². The molecule has 76 valence electrons. The standard InChI is InChI=1S/C14H20/c1-2-12-6-3-4-7-13-8-5-9-14(13)11-10-12/h2,6-7,14H,1,3-5,8-11H2/b12-6-,13-7?/t14-/m1/s1. The lowest BCUT2D eigenvalue weighted by Crippen LogP contribution is -1.96. The lowest BCUT2D eigenvalue weighted by Gasteiger charge is -2.11. The van der Waals surface area contributed by atoms with Gasteiger partial charge in [-0.1, -0.05) is 36.0 Å². The number of rotatable bonds is 1. The van der Waals surface area contributed by atoms with Crippen LogP contribution in [0.1, 0.15) is 44.9 Å². The summed E-state index contributed by atoms with van der Waals surface area (Å²) in [5, 5.41) is 0. The molecule has 2 aliphatic rings.